The molecule has 2 nitrogen and oxygen atoms in total. The monoisotopic (exact) mass is 234 g/mol. The Kier molecular flexibility index (Phi) is 4.58. The van der Waals surface area contributed by atoms with E-state index in [4.69, 9.17) is 0 Å². The quantitative estimate of drug-likeness (QED) is 0.858. The van der Waals surface area contributed by atoms with E-state index in [1.807, 2.05) is 0 Å². The third-order valence-electron chi connectivity index (χ3n) is 2.96. The maximum Gasteiger partial charge on any atom is 0.0411 e. The Hall–Kier alpha value is -1.02. The van der Waals surface area contributed by atoms with E-state index in [2.05, 4.69) is 76.1 Å². The topological polar surface area (TPSA) is 15.3 Å². The molecule has 0 bridgehead atoms. The van der Waals surface area contributed by atoms with Crippen molar-refractivity contribution < 1.29 is 0 Å². The predicted octanol–water partition coefficient (Wildman–Crippen LogP) is 3.42. The summed E-state index contributed by atoms with van der Waals surface area (Å²) < 4.78 is 0. The van der Waals surface area contributed by atoms with Crippen molar-refractivity contribution in [1.29, 1.82) is 0 Å². The van der Waals surface area contributed by atoms with Gasteiger partial charge < -0.3 is 10.2 Å². The Morgan fingerprint density at radius 2 is 1.76 bits per heavy atom. The van der Waals surface area contributed by atoms with Crippen LogP contribution in [0.5, 0.6) is 0 Å². The smallest absolute Gasteiger partial charge is 0.0411 e. The molecular weight excluding hydrogens is 208 g/mol. The zero-order valence-corrected chi connectivity index (χ0v) is 12.0. The average Bonchev–Trinajstić information content (AvgIpc) is 2.24. The number of nitrogens with zero attached hydrogens (tertiary/aromatic N) is 1. The van der Waals surface area contributed by atoms with Crippen LogP contribution in [0.15, 0.2) is 24.3 Å². The molecule has 0 atom stereocenters. The summed E-state index contributed by atoms with van der Waals surface area (Å²) in [6.45, 7) is 11.9. The molecule has 0 fully saturated rings. The lowest BCUT2D eigenvalue weighted by Gasteiger charge is -2.28. The first kappa shape index (κ1) is 14.0. The molecule has 1 rings (SSSR count). The first-order chi connectivity index (χ1) is 7.81. The summed E-state index contributed by atoms with van der Waals surface area (Å²) >= 11 is 0. The molecule has 96 valence electrons. The van der Waals surface area contributed by atoms with Crippen LogP contribution in [0.4, 0.5) is 5.69 Å². The summed E-state index contributed by atoms with van der Waals surface area (Å²) in [5.41, 5.74) is 2.83. The highest BCUT2D eigenvalue weighted by Crippen LogP contribution is 2.21. The third-order valence-corrected chi connectivity index (χ3v) is 2.96. The van der Waals surface area contributed by atoms with Gasteiger partial charge in [0.25, 0.3) is 0 Å². The van der Waals surface area contributed by atoms with Crippen LogP contribution < -0.4 is 10.2 Å². The molecule has 0 radical (unpaired) electrons. The van der Waals surface area contributed by atoms with Gasteiger partial charge in [0.1, 0.15) is 0 Å². The number of rotatable bonds is 4. The Labute approximate surface area is 106 Å². The SMILES string of the molecule is CC(C)N(C)c1ccccc1CNC(C)(C)C. The highest BCUT2D eigenvalue weighted by molar-refractivity contribution is 5.53. The Morgan fingerprint density at radius 3 is 2.29 bits per heavy atom. The minimum Gasteiger partial charge on any atom is -0.372 e. The van der Waals surface area contributed by atoms with Crippen LogP contribution in [0.3, 0.4) is 0 Å². The molecular formula is C15H26N2. The van der Waals surface area contributed by atoms with Gasteiger partial charge in [-0.25, -0.2) is 0 Å². The molecule has 1 N–H and O–H groups in total. The summed E-state index contributed by atoms with van der Waals surface area (Å²) in [5, 5.41) is 3.55. The number of benzene rings is 1. The molecule has 0 aliphatic carbocycles. The maximum absolute atomic E-state index is 3.55. The fraction of sp³-hybridized carbons (Fsp3) is 0.600. The summed E-state index contributed by atoms with van der Waals surface area (Å²) in [6, 6.07) is 9.13. The van der Waals surface area contributed by atoms with Gasteiger partial charge >= 0.3 is 0 Å². The number of nitrogens with one attached hydrogen (secondary N) is 1. The van der Waals surface area contributed by atoms with E-state index in [1.54, 1.807) is 0 Å². The summed E-state index contributed by atoms with van der Waals surface area (Å²) in [4.78, 5) is 2.32. The van der Waals surface area contributed by atoms with Gasteiger partial charge in [-0.15, -0.1) is 0 Å². The molecule has 1 aromatic rings. The summed E-state index contributed by atoms with van der Waals surface area (Å²) in [7, 11) is 2.15. The van der Waals surface area contributed by atoms with Crippen LogP contribution in [-0.2, 0) is 6.54 Å². The van der Waals surface area contributed by atoms with E-state index >= 15 is 0 Å². The molecule has 0 aliphatic heterocycles. The van der Waals surface area contributed by atoms with Crippen molar-refractivity contribution in [2.75, 3.05) is 11.9 Å². The van der Waals surface area contributed by atoms with Gasteiger partial charge in [0.15, 0.2) is 0 Å². The average molecular weight is 234 g/mol. The van der Waals surface area contributed by atoms with Gasteiger partial charge in [0.05, 0.1) is 0 Å². The normalized spacial score (nSPS) is 11.9. The van der Waals surface area contributed by atoms with Crippen molar-refractivity contribution in [1.82, 2.24) is 5.32 Å². The molecule has 0 saturated heterocycles. The van der Waals surface area contributed by atoms with Crippen LogP contribution in [-0.4, -0.2) is 18.6 Å². The van der Waals surface area contributed by atoms with E-state index in [9.17, 15) is 0 Å². The molecule has 0 aliphatic rings. The molecule has 0 saturated carbocycles. The second kappa shape index (κ2) is 5.54. The lowest BCUT2D eigenvalue weighted by Crippen LogP contribution is -2.36. The number of para-hydroxylation sites is 1. The van der Waals surface area contributed by atoms with Crippen LogP contribution in [0, 0.1) is 0 Å². The summed E-state index contributed by atoms with van der Waals surface area (Å²) in [5.74, 6) is 0. The molecule has 2 heteroatoms. The Balaban J connectivity index is 2.85. The van der Waals surface area contributed by atoms with Gasteiger partial charge in [0.2, 0.25) is 0 Å². The predicted molar refractivity (Wildman–Crippen MR) is 76.6 cm³/mol. The van der Waals surface area contributed by atoms with Crippen molar-refractivity contribution in [2.24, 2.45) is 0 Å². The minimum absolute atomic E-state index is 0.156. The van der Waals surface area contributed by atoms with E-state index in [-0.39, 0.29) is 5.54 Å². The summed E-state index contributed by atoms with van der Waals surface area (Å²) in [6.07, 6.45) is 0. The van der Waals surface area contributed by atoms with E-state index in [0.717, 1.165) is 6.54 Å². The number of hydrogen-bond acceptors (Lipinski definition) is 2. The first-order valence-corrected chi connectivity index (χ1v) is 6.37. The number of hydrogen-bond donors (Lipinski definition) is 1. The van der Waals surface area contributed by atoms with Crippen LogP contribution >= 0.6 is 0 Å². The highest BCUT2D eigenvalue weighted by atomic mass is 15.1. The van der Waals surface area contributed by atoms with E-state index in [0.29, 0.717) is 6.04 Å². The zero-order valence-electron chi connectivity index (χ0n) is 12.0. The van der Waals surface area contributed by atoms with Gasteiger partial charge in [0, 0.05) is 30.9 Å². The molecule has 17 heavy (non-hydrogen) atoms. The van der Waals surface area contributed by atoms with Crippen molar-refractivity contribution >= 4 is 5.69 Å². The van der Waals surface area contributed by atoms with E-state index < -0.39 is 0 Å². The second-order valence-corrected chi connectivity index (χ2v) is 5.94. The van der Waals surface area contributed by atoms with Gasteiger partial charge in [-0.05, 0) is 46.2 Å². The van der Waals surface area contributed by atoms with Gasteiger partial charge in [-0.3, -0.25) is 0 Å². The van der Waals surface area contributed by atoms with Crippen LogP contribution in [0.25, 0.3) is 0 Å². The van der Waals surface area contributed by atoms with Crippen molar-refractivity contribution in [3.8, 4) is 0 Å². The molecule has 0 aromatic heterocycles. The van der Waals surface area contributed by atoms with Crippen LogP contribution in [0.2, 0.25) is 0 Å². The standard InChI is InChI=1S/C15H26N2/c1-12(2)17(6)14-10-8-7-9-13(14)11-16-15(3,4)5/h7-10,12,16H,11H2,1-6H3. The largest absolute Gasteiger partial charge is 0.372 e. The second-order valence-electron chi connectivity index (χ2n) is 5.94. The zero-order chi connectivity index (χ0) is 13.1. The van der Waals surface area contributed by atoms with Crippen molar-refractivity contribution in [3.63, 3.8) is 0 Å². The molecule has 0 spiro atoms. The minimum atomic E-state index is 0.156. The van der Waals surface area contributed by atoms with Gasteiger partial charge in [-0.2, -0.15) is 0 Å². The van der Waals surface area contributed by atoms with Crippen molar-refractivity contribution in [3.05, 3.63) is 29.8 Å². The molecule has 0 unspecified atom stereocenters. The van der Waals surface area contributed by atoms with Gasteiger partial charge in [-0.1, -0.05) is 18.2 Å². The Morgan fingerprint density at radius 1 is 1.18 bits per heavy atom. The van der Waals surface area contributed by atoms with Crippen molar-refractivity contribution in [2.45, 2.75) is 52.7 Å². The molecule has 1 aromatic carbocycles. The molecule has 0 heterocycles. The lowest BCUT2D eigenvalue weighted by molar-refractivity contribution is 0.424. The fourth-order valence-electron chi connectivity index (χ4n) is 1.64. The lowest BCUT2D eigenvalue weighted by atomic mass is 10.1. The van der Waals surface area contributed by atoms with E-state index in [1.165, 1.54) is 11.3 Å². The Bertz CT molecular complexity index is 350. The molecule has 0 amide bonds. The highest BCUT2D eigenvalue weighted by Gasteiger charge is 2.12. The first-order valence-electron chi connectivity index (χ1n) is 6.37. The van der Waals surface area contributed by atoms with Crippen LogP contribution in [0.1, 0.15) is 40.2 Å². The maximum atomic E-state index is 3.55. The number of anilines is 1. The fourth-order valence-corrected chi connectivity index (χ4v) is 1.64. The third kappa shape index (κ3) is 4.39.